The van der Waals surface area contributed by atoms with Crippen molar-refractivity contribution in [2.24, 2.45) is 0 Å². The molecule has 0 aromatic heterocycles. The topological polar surface area (TPSA) is 20.5 Å². The Morgan fingerprint density at radius 3 is 2.00 bits per heavy atom. The van der Waals surface area contributed by atoms with Gasteiger partial charge in [0.1, 0.15) is 5.76 Å². The van der Waals surface area contributed by atoms with Gasteiger partial charge in [0, 0.05) is 23.6 Å². The predicted octanol–water partition coefficient (Wildman–Crippen LogP) is 9.58. The Labute approximate surface area is 228 Å². The molecule has 2 aromatic carbocycles. The van der Waals surface area contributed by atoms with Gasteiger partial charge in [-0.1, -0.05) is 65.2 Å². The molecule has 0 amide bonds. The van der Waals surface area contributed by atoms with Crippen LogP contribution in [0.1, 0.15) is 59.8 Å². The van der Waals surface area contributed by atoms with Crippen LogP contribution in [0.5, 0.6) is 0 Å². The lowest BCUT2D eigenvalue weighted by atomic mass is 9.93. The normalized spacial score (nSPS) is 16.1. The summed E-state index contributed by atoms with van der Waals surface area (Å²) in [6.07, 6.45) is 11.3. The van der Waals surface area contributed by atoms with Gasteiger partial charge in [0.15, 0.2) is 0 Å². The number of ether oxygens (including phenoxy) is 1. The maximum absolute atomic E-state index is 9.75. The molecule has 38 heavy (non-hydrogen) atoms. The fourth-order valence-corrected chi connectivity index (χ4v) is 4.08. The summed E-state index contributed by atoms with van der Waals surface area (Å²) in [5.74, 6) is 1.73. The lowest BCUT2D eigenvalue weighted by Gasteiger charge is -2.16. The zero-order valence-corrected chi connectivity index (χ0v) is 23.0. The van der Waals surface area contributed by atoms with Gasteiger partial charge in [-0.25, -0.2) is 0 Å². The zero-order valence-electron chi connectivity index (χ0n) is 22.2. The van der Waals surface area contributed by atoms with Crippen molar-refractivity contribution in [1.29, 1.82) is 0 Å². The third-order valence-corrected chi connectivity index (χ3v) is 6.09. The van der Waals surface area contributed by atoms with Gasteiger partial charge in [-0.3, -0.25) is 4.42 Å². The van der Waals surface area contributed by atoms with Crippen molar-refractivity contribution in [3.05, 3.63) is 111 Å². The van der Waals surface area contributed by atoms with E-state index in [1.54, 1.807) is 0 Å². The summed E-state index contributed by atoms with van der Waals surface area (Å²) in [6.45, 7) is 9.43. The highest BCUT2D eigenvalue weighted by molar-refractivity contribution is 6.50. The highest BCUT2D eigenvalue weighted by atomic mass is 35.5. The number of benzene rings is 2. The molecule has 0 heterocycles. The Hall–Kier alpha value is -3.06. The van der Waals surface area contributed by atoms with Gasteiger partial charge in [-0.2, -0.15) is 0 Å². The van der Waals surface area contributed by atoms with Crippen LogP contribution in [0.3, 0.4) is 0 Å². The Morgan fingerprint density at radius 1 is 0.921 bits per heavy atom. The Kier molecular flexibility index (Phi) is 12.6. The molecule has 0 bridgehead atoms. The van der Waals surface area contributed by atoms with Crippen molar-refractivity contribution in [2.45, 2.75) is 47.0 Å². The lowest BCUT2D eigenvalue weighted by molar-refractivity contribution is -0.261. The smallest absolute Gasteiger partial charge is 0.493 e. The summed E-state index contributed by atoms with van der Waals surface area (Å²) in [6, 6.07) is 16.8. The molecule has 3 rings (SSSR count). The first-order valence-electron chi connectivity index (χ1n) is 12.6. The van der Waals surface area contributed by atoms with Gasteiger partial charge in [0.05, 0.1) is 12.2 Å². The third-order valence-electron chi connectivity index (χ3n) is 5.60. The summed E-state index contributed by atoms with van der Waals surface area (Å²) < 4.78 is 50.8. The first-order chi connectivity index (χ1) is 18.0. The number of hydrogen-bond acceptors (Lipinski definition) is 1. The Morgan fingerprint density at radius 2 is 1.47 bits per heavy atom. The average Bonchev–Trinajstić information content (AvgIpc) is 2.86. The van der Waals surface area contributed by atoms with E-state index in [-0.39, 0.29) is 0 Å². The van der Waals surface area contributed by atoms with Crippen LogP contribution in [0.15, 0.2) is 89.0 Å². The first kappa shape index (κ1) is 31.2. The number of halogens is 5. The standard InChI is InChI=1S/C30H34ClO2.BF4/c1-5-32-28(24-14-10-22(3)11-15-24)20-18-26-8-7-9-27(30(26)31)19-21-29(33-6-2)25-16-12-23(4)13-17-25;2-1(3,4)5/h10-21H,5-9H2,1-4H3;/q+1;-1/b20-18+,27-19+,29-21+;. The second kappa shape index (κ2) is 15.4. The number of rotatable bonds is 8. The molecule has 0 radical (unpaired) electrons. The molecule has 8 heteroatoms. The van der Waals surface area contributed by atoms with Gasteiger partial charge < -0.3 is 22.0 Å². The predicted molar refractivity (Wildman–Crippen MR) is 151 cm³/mol. The maximum atomic E-state index is 9.75. The van der Waals surface area contributed by atoms with Crippen molar-refractivity contribution in [1.82, 2.24) is 0 Å². The number of ketones is 1. The summed E-state index contributed by atoms with van der Waals surface area (Å²) >= 11 is 6.84. The van der Waals surface area contributed by atoms with Crippen molar-refractivity contribution in [2.75, 3.05) is 13.2 Å². The molecular formula is C30H34BClF4O2. The van der Waals surface area contributed by atoms with Gasteiger partial charge in [0.2, 0.25) is 0 Å². The summed E-state index contributed by atoms with van der Waals surface area (Å²) in [4.78, 5) is 0. The van der Waals surface area contributed by atoms with Crippen LogP contribution >= 0.6 is 11.6 Å². The van der Waals surface area contributed by atoms with Crippen LogP contribution in [0.4, 0.5) is 17.3 Å². The number of carbonyl (C=O) groups excluding carboxylic acids is 1. The van der Waals surface area contributed by atoms with Crippen LogP contribution in [-0.2, 0) is 4.74 Å². The van der Waals surface area contributed by atoms with Crippen LogP contribution < -0.4 is 0 Å². The van der Waals surface area contributed by atoms with E-state index in [1.807, 2.05) is 26.0 Å². The van der Waals surface area contributed by atoms with E-state index < -0.39 is 7.25 Å². The van der Waals surface area contributed by atoms with Crippen LogP contribution in [0.25, 0.3) is 5.76 Å². The average molecular weight is 549 g/mol. The van der Waals surface area contributed by atoms with Crippen molar-refractivity contribution in [3.63, 3.8) is 0 Å². The molecule has 0 saturated heterocycles. The van der Waals surface area contributed by atoms with Crippen LogP contribution in [-0.4, -0.2) is 26.3 Å². The van der Waals surface area contributed by atoms with E-state index in [1.165, 1.54) is 11.1 Å². The summed E-state index contributed by atoms with van der Waals surface area (Å²) in [5.41, 5.74) is 6.89. The monoisotopic (exact) mass is 548 g/mol. The number of allylic oxidation sites excluding steroid dienone is 7. The minimum absolute atomic E-state index is 0.621. The van der Waals surface area contributed by atoms with Crippen LogP contribution in [0, 0.1) is 13.8 Å². The Bertz CT molecular complexity index is 1190. The minimum atomic E-state index is -6.00. The highest BCUT2D eigenvalue weighted by Gasteiger charge is 2.20. The molecule has 204 valence electrons. The highest BCUT2D eigenvalue weighted by Crippen LogP contribution is 2.33. The molecule has 0 atom stereocenters. The first-order valence-corrected chi connectivity index (χ1v) is 13.0. The van der Waals surface area contributed by atoms with Crippen molar-refractivity contribution < 1.29 is 26.4 Å². The lowest BCUT2D eigenvalue weighted by Crippen LogP contribution is -2.02. The van der Waals surface area contributed by atoms with Crippen LogP contribution in [0.2, 0.25) is 0 Å². The number of aryl methyl sites for hydroxylation is 2. The van der Waals surface area contributed by atoms with E-state index in [2.05, 4.69) is 74.5 Å². The molecule has 0 aliphatic heterocycles. The molecule has 0 spiro atoms. The van der Waals surface area contributed by atoms with E-state index in [9.17, 15) is 17.3 Å². The SMILES string of the molecule is CCO/C(=C/C=C1\CCCC(/C=C/C(=[O+]CC)c2ccc(C)cc2)=C1Cl)c1ccc(C)cc1.F[B-](F)(F)F. The molecular weight excluding hydrogens is 515 g/mol. The van der Waals surface area contributed by atoms with Gasteiger partial charge in [-0.05, 0) is 75.5 Å². The van der Waals surface area contributed by atoms with Gasteiger partial charge in [-0.15, -0.1) is 0 Å². The fraction of sp³-hybridized carbons (Fsp3) is 0.300. The zero-order chi connectivity index (χ0) is 28.1. The summed E-state index contributed by atoms with van der Waals surface area (Å²) in [5, 5.41) is 0.827. The fourth-order valence-electron chi connectivity index (χ4n) is 3.76. The van der Waals surface area contributed by atoms with Crippen molar-refractivity contribution >= 4 is 30.4 Å². The number of hydrogen-bond donors (Lipinski definition) is 0. The molecule has 2 nitrogen and oxygen atoms in total. The molecule has 2 aromatic rings. The molecule has 1 aliphatic carbocycles. The molecule has 0 saturated carbocycles. The molecule has 0 unspecified atom stereocenters. The summed E-state index contributed by atoms with van der Waals surface area (Å²) in [7, 11) is -6.00. The van der Waals surface area contributed by atoms with Gasteiger partial charge >= 0.3 is 13.0 Å². The molecule has 0 N–H and O–H groups in total. The minimum Gasteiger partial charge on any atom is -0.493 e. The van der Waals surface area contributed by atoms with Crippen molar-refractivity contribution in [3.8, 4) is 0 Å². The quantitative estimate of drug-likeness (QED) is 0.0803. The second-order valence-electron chi connectivity index (χ2n) is 8.71. The second-order valence-corrected chi connectivity index (χ2v) is 9.08. The van der Waals surface area contributed by atoms with E-state index in [0.29, 0.717) is 13.2 Å². The maximum Gasteiger partial charge on any atom is 0.673 e. The van der Waals surface area contributed by atoms with E-state index >= 15 is 0 Å². The van der Waals surface area contributed by atoms with E-state index in [0.717, 1.165) is 58.1 Å². The largest absolute Gasteiger partial charge is 0.673 e. The molecule has 1 aliphatic rings. The molecule has 0 fully saturated rings. The Balaban J connectivity index is 0.000000926. The van der Waals surface area contributed by atoms with E-state index in [4.69, 9.17) is 20.8 Å². The van der Waals surface area contributed by atoms with Gasteiger partial charge in [0.25, 0.3) is 6.61 Å². The third kappa shape index (κ3) is 11.1.